The van der Waals surface area contributed by atoms with Gasteiger partial charge in [0, 0.05) is 30.4 Å². The highest BCUT2D eigenvalue weighted by molar-refractivity contribution is 5.94. The molecule has 2 fully saturated rings. The number of carbonyl (C=O) groups is 1. The second kappa shape index (κ2) is 6.77. The summed E-state index contributed by atoms with van der Waals surface area (Å²) in [6, 6.07) is 7.85. The fraction of sp³-hybridized carbons (Fsp3) is 0.474. The van der Waals surface area contributed by atoms with Gasteiger partial charge < -0.3 is 10.2 Å². The molecule has 0 bridgehead atoms. The van der Waals surface area contributed by atoms with Crippen molar-refractivity contribution >= 4 is 5.91 Å². The zero-order valence-electron chi connectivity index (χ0n) is 13.9. The minimum absolute atomic E-state index is 0.164. The van der Waals surface area contributed by atoms with Crippen molar-refractivity contribution in [1.82, 2.24) is 20.4 Å². The average Bonchev–Trinajstić information content (AvgIpc) is 3.35. The van der Waals surface area contributed by atoms with E-state index in [1.807, 2.05) is 35.4 Å². The first-order chi connectivity index (χ1) is 11.8. The van der Waals surface area contributed by atoms with Gasteiger partial charge in [0.15, 0.2) is 0 Å². The summed E-state index contributed by atoms with van der Waals surface area (Å²) >= 11 is 0. The van der Waals surface area contributed by atoms with Crippen LogP contribution in [0.15, 0.2) is 36.7 Å². The smallest absolute Gasteiger partial charge is 0.253 e. The Morgan fingerprint density at radius 1 is 1.04 bits per heavy atom. The van der Waals surface area contributed by atoms with Gasteiger partial charge in [-0.1, -0.05) is 12.1 Å². The number of amides is 1. The molecule has 1 aromatic carbocycles. The molecule has 5 nitrogen and oxygen atoms in total. The van der Waals surface area contributed by atoms with Crippen LogP contribution in [-0.4, -0.2) is 47.2 Å². The lowest BCUT2D eigenvalue weighted by Gasteiger charge is -2.34. The predicted molar refractivity (Wildman–Crippen MR) is 93.6 cm³/mol. The Morgan fingerprint density at radius 2 is 1.83 bits per heavy atom. The van der Waals surface area contributed by atoms with Gasteiger partial charge in [-0.3, -0.25) is 9.89 Å². The van der Waals surface area contributed by atoms with Crippen molar-refractivity contribution in [3.8, 4) is 11.1 Å². The van der Waals surface area contributed by atoms with Crippen LogP contribution in [0.2, 0.25) is 0 Å². The zero-order chi connectivity index (χ0) is 16.4. The average molecular weight is 324 g/mol. The Morgan fingerprint density at radius 3 is 2.46 bits per heavy atom. The van der Waals surface area contributed by atoms with E-state index in [1.165, 1.54) is 6.42 Å². The highest BCUT2D eigenvalue weighted by Crippen LogP contribution is 2.29. The van der Waals surface area contributed by atoms with Crippen molar-refractivity contribution in [2.75, 3.05) is 26.2 Å². The van der Waals surface area contributed by atoms with Crippen molar-refractivity contribution < 1.29 is 4.79 Å². The molecular formula is C19H24N4O. The van der Waals surface area contributed by atoms with Crippen molar-refractivity contribution in [2.24, 2.45) is 11.8 Å². The van der Waals surface area contributed by atoms with E-state index in [1.54, 1.807) is 6.20 Å². The zero-order valence-corrected chi connectivity index (χ0v) is 13.9. The highest BCUT2D eigenvalue weighted by Gasteiger charge is 2.30. The van der Waals surface area contributed by atoms with Gasteiger partial charge in [0.1, 0.15) is 0 Å². The van der Waals surface area contributed by atoms with Crippen LogP contribution in [0.25, 0.3) is 11.1 Å². The molecule has 5 heteroatoms. The van der Waals surface area contributed by atoms with Crippen molar-refractivity contribution in [1.29, 1.82) is 0 Å². The Labute approximate surface area is 142 Å². The molecule has 2 aliphatic rings. The molecule has 2 aromatic rings. The van der Waals surface area contributed by atoms with Gasteiger partial charge in [-0.15, -0.1) is 0 Å². The Balaban J connectivity index is 1.37. The maximum absolute atomic E-state index is 12.7. The molecule has 2 saturated heterocycles. The third-order valence-corrected chi connectivity index (χ3v) is 5.56. The first-order valence-corrected chi connectivity index (χ1v) is 8.90. The van der Waals surface area contributed by atoms with E-state index in [2.05, 4.69) is 15.5 Å². The normalized spacial score (nSPS) is 22.0. The van der Waals surface area contributed by atoms with E-state index < -0.39 is 0 Å². The van der Waals surface area contributed by atoms with Crippen LogP contribution in [0.5, 0.6) is 0 Å². The summed E-state index contributed by atoms with van der Waals surface area (Å²) in [4.78, 5) is 14.7. The molecule has 24 heavy (non-hydrogen) atoms. The summed E-state index contributed by atoms with van der Waals surface area (Å²) in [5.41, 5.74) is 2.90. The van der Waals surface area contributed by atoms with Gasteiger partial charge in [-0.05, 0) is 61.9 Å². The minimum Gasteiger partial charge on any atom is -0.339 e. The highest BCUT2D eigenvalue weighted by atomic mass is 16.2. The lowest BCUT2D eigenvalue weighted by molar-refractivity contribution is 0.0663. The summed E-state index contributed by atoms with van der Waals surface area (Å²) in [6.45, 7) is 4.11. The number of rotatable bonds is 3. The van der Waals surface area contributed by atoms with Crippen LogP contribution in [0, 0.1) is 11.8 Å². The standard InChI is InChI=1S/C19H24N4O/c24-19(16-3-1-14(2-4-16)18-12-21-22-13-18)23-9-6-15(7-10-23)17-5-8-20-11-17/h1-4,12-13,15,17,20H,5-11H2,(H,21,22). The second-order valence-electron chi connectivity index (χ2n) is 6.95. The number of likely N-dealkylation sites (tertiary alicyclic amines) is 1. The summed E-state index contributed by atoms with van der Waals surface area (Å²) in [7, 11) is 0. The molecule has 1 aromatic heterocycles. The molecule has 126 valence electrons. The largest absolute Gasteiger partial charge is 0.339 e. The van der Waals surface area contributed by atoms with Crippen LogP contribution in [0.1, 0.15) is 29.6 Å². The molecule has 1 atom stereocenters. The Hall–Kier alpha value is -2.14. The van der Waals surface area contributed by atoms with Crippen LogP contribution in [0.4, 0.5) is 0 Å². The molecule has 0 spiro atoms. The van der Waals surface area contributed by atoms with Crippen LogP contribution in [-0.2, 0) is 0 Å². The van der Waals surface area contributed by atoms with Gasteiger partial charge >= 0.3 is 0 Å². The number of hydrogen-bond donors (Lipinski definition) is 2. The summed E-state index contributed by atoms with van der Waals surface area (Å²) in [5, 5.41) is 10.2. The Bertz CT molecular complexity index is 666. The van der Waals surface area contributed by atoms with Crippen molar-refractivity contribution in [3.05, 3.63) is 42.2 Å². The van der Waals surface area contributed by atoms with Crippen LogP contribution < -0.4 is 5.32 Å². The summed E-state index contributed by atoms with van der Waals surface area (Å²) in [5.74, 6) is 1.76. The number of piperidine rings is 1. The molecule has 1 amide bonds. The predicted octanol–water partition coefficient (Wildman–Crippen LogP) is 2.54. The molecule has 0 aliphatic carbocycles. The lowest BCUT2D eigenvalue weighted by Crippen LogP contribution is -2.40. The molecular weight excluding hydrogens is 300 g/mol. The summed E-state index contributed by atoms with van der Waals surface area (Å²) in [6.07, 6.45) is 7.24. The lowest BCUT2D eigenvalue weighted by atomic mass is 9.83. The number of nitrogens with zero attached hydrogens (tertiary/aromatic N) is 2. The summed E-state index contributed by atoms with van der Waals surface area (Å²) < 4.78 is 0. The number of benzene rings is 1. The first kappa shape index (κ1) is 15.4. The van der Waals surface area contributed by atoms with Gasteiger partial charge in [-0.25, -0.2) is 0 Å². The number of carbonyl (C=O) groups excluding carboxylic acids is 1. The van der Waals surface area contributed by atoms with E-state index in [4.69, 9.17) is 0 Å². The van der Waals surface area contributed by atoms with Gasteiger partial charge in [0.2, 0.25) is 0 Å². The maximum Gasteiger partial charge on any atom is 0.253 e. The fourth-order valence-corrected chi connectivity index (χ4v) is 4.05. The molecule has 3 heterocycles. The number of aromatic amines is 1. The van der Waals surface area contributed by atoms with Crippen molar-refractivity contribution in [3.63, 3.8) is 0 Å². The van der Waals surface area contributed by atoms with E-state index in [9.17, 15) is 4.79 Å². The first-order valence-electron chi connectivity index (χ1n) is 8.90. The topological polar surface area (TPSA) is 61.0 Å². The van der Waals surface area contributed by atoms with Crippen LogP contribution in [0.3, 0.4) is 0 Å². The van der Waals surface area contributed by atoms with Crippen molar-refractivity contribution in [2.45, 2.75) is 19.3 Å². The fourth-order valence-electron chi connectivity index (χ4n) is 4.05. The monoisotopic (exact) mass is 324 g/mol. The number of hydrogen-bond acceptors (Lipinski definition) is 3. The van der Waals surface area contributed by atoms with Crippen LogP contribution >= 0.6 is 0 Å². The van der Waals surface area contributed by atoms with Gasteiger partial charge in [-0.2, -0.15) is 5.10 Å². The van der Waals surface area contributed by atoms with Gasteiger partial charge in [0.05, 0.1) is 6.20 Å². The number of nitrogens with one attached hydrogen (secondary N) is 2. The Kier molecular flexibility index (Phi) is 4.34. The second-order valence-corrected chi connectivity index (χ2v) is 6.95. The third kappa shape index (κ3) is 3.08. The molecule has 4 rings (SSSR count). The van der Waals surface area contributed by atoms with E-state index in [0.717, 1.165) is 67.5 Å². The molecule has 1 unspecified atom stereocenters. The van der Waals surface area contributed by atoms with E-state index in [0.29, 0.717) is 0 Å². The molecule has 2 N–H and O–H groups in total. The van der Waals surface area contributed by atoms with Gasteiger partial charge in [0.25, 0.3) is 5.91 Å². The quantitative estimate of drug-likeness (QED) is 0.912. The number of H-pyrrole nitrogens is 1. The van der Waals surface area contributed by atoms with E-state index >= 15 is 0 Å². The van der Waals surface area contributed by atoms with E-state index in [-0.39, 0.29) is 5.91 Å². The number of aromatic nitrogens is 2. The SMILES string of the molecule is O=C(c1ccc(-c2cn[nH]c2)cc1)N1CCC(C2CCNC2)CC1. The maximum atomic E-state index is 12.7. The molecule has 2 aliphatic heterocycles. The minimum atomic E-state index is 0.164. The molecule has 0 radical (unpaired) electrons. The molecule has 0 saturated carbocycles. The third-order valence-electron chi connectivity index (χ3n) is 5.56.